The Labute approximate surface area is 179 Å². The molecule has 1 amide bonds. The Hall–Kier alpha value is -4.19. The van der Waals surface area contributed by atoms with Crippen LogP contribution in [0.4, 0.5) is 5.82 Å². The zero-order valence-corrected chi connectivity index (χ0v) is 17.0. The Kier molecular flexibility index (Phi) is 4.59. The topological polar surface area (TPSA) is 85.8 Å². The number of aryl methyl sites for hydroxylation is 1. The summed E-state index contributed by atoms with van der Waals surface area (Å²) in [6, 6.07) is 25.3. The number of carbonyl (C=O) groups is 1. The van der Waals surface area contributed by atoms with Gasteiger partial charge in [0.25, 0.3) is 5.91 Å². The number of nitrogens with one attached hydrogen (secondary N) is 1. The van der Waals surface area contributed by atoms with Crippen LogP contribution in [0.2, 0.25) is 0 Å². The van der Waals surface area contributed by atoms with Gasteiger partial charge in [0.05, 0.1) is 11.0 Å². The number of aromatic nitrogens is 3. The lowest BCUT2D eigenvalue weighted by Gasteiger charge is -2.09. The van der Waals surface area contributed by atoms with Gasteiger partial charge in [-0.25, -0.2) is 9.97 Å². The van der Waals surface area contributed by atoms with E-state index in [1.165, 1.54) is 0 Å². The summed E-state index contributed by atoms with van der Waals surface area (Å²) < 4.78 is 1.80. The molecule has 0 spiro atoms. The highest BCUT2D eigenvalue weighted by Crippen LogP contribution is 2.31. The van der Waals surface area contributed by atoms with Crippen molar-refractivity contribution >= 4 is 33.9 Å². The van der Waals surface area contributed by atoms with E-state index in [9.17, 15) is 4.79 Å². The highest BCUT2D eigenvalue weighted by Gasteiger charge is 2.24. The average molecular weight is 407 g/mol. The smallest absolute Gasteiger partial charge is 0.257 e. The SMILES string of the molecule is Cc1cccc(-n2c(N)c(C(=O)NCc3ccccc3)c3nc4ccccc4nc32)c1. The van der Waals surface area contributed by atoms with E-state index in [0.29, 0.717) is 34.6 Å². The molecule has 0 atom stereocenters. The molecule has 3 N–H and O–H groups in total. The fourth-order valence-electron chi connectivity index (χ4n) is 3.78. The van der Waals surface area contributed by atoms with Crippen LogP contribution in [-0.4, -0.2) is 20.4 Å². The van der Waals surface area contributed by atoms with Crippen molar-refractivity contribution in [3.05, 3.63) is 95.6 Å². The molecular formula is C25H21N5O. The van der Waals surface area contributed by atoms with Crippen LogP contribution in [0.1, 0.15) is 21.5 Å². The molecule has 0 fully saturated rings. The Balaban J connectivity index is 1.69. The molecule has 2 heterocycles. The summed E-state index contributed by atoms with van der Waals surface area (Å²) in [5.41, 5.74) is 12.3. The van der Waals surface area contributed by atoms with Crippen molar-refractivity contribution in [2.45, 2.75) is 13.5 Å². The minimum absolute atomic E-state index is 0.276. The van der Waals surface area contributed by atoms with Crippen molar-refractivity contribution in [1.29, 1.82) is 0 Å². The third kappa shape index (κ3) is 3.38. The van der Waals surface area contributed by atoms with Gasteiger partial charge in [-0.1, -0.05) is 54.6 Å². The van der Waals surface area contributed by atoms with E-state index in [1.807, 2.05) is 85.8 Å². The molecule has 0 aliphatic carbocycles. The molecule has 31 heavy (non-hydrogen) atoms. The lowest BCUT2D eigenvalue weighted by Crippen LogP contribution is -2.23. The molecule has 0 aliphatic rings. The van der Waals surface area contributed by atoms with Gasteiger partial charge >= 0.3 is 0 Å². The number of fused-ring (bicyclic) bond motifs is 2. The van der Waals surface area contributed by atoms with E-state index in [0.717, 1.165) is 22.3 Å². The first kappa shape index (κ1) is 18.8. The lowest BCUT2D eigenvalue weighted by molar-refractivity contribution is 0.0953. The standard InChI is InChI=1S/C25H21N5O/c1-16-8-7-11-18(14-16)30-23(26)21(25(31)27-15-17-9-3-2-4-10-17)22-24(30)29-20-13-6-5-12-19(20)28-22/h2-14H,15,26H2,1H3,(H,27,31). The maximum absolute atomic E-state index is 13.2. The Morgan fingerprint density at radius 3 is 2.39 bits per heavy atom. The molecule has 0 bridgehead atoms. The van der Waals surface area contributed by atoms with Gasteiger partial charge in [0.1, 0.15) is 16.9 Å². The molecule has 0 unspecified atom stereocenters. The van der Waals surface area contributed by atoms with Gasteiger partial charge in [0.15, 0.2) is 5.65 Å². The molecule has 0 saturated carbocycles. The molecule has 5 rings (SSSR count). The van der Waals surface area contributed by atoms with E-state index >= 15 is 0 Å². The van der Waals surface area contributed by atoms with Gasteiger partial charge in [-0.15, -0.1) is 0 Å². The first-order valence-corrected chi connectivity index (χ1v) is 10.1. The van der Waals surface area contributed by atoms with Crippen LogP contribution in [0.25, 0.3) is 27.9 Å². The molecule has 6 heteroatoms. The van der Waals surface area contributed by atoms with Crippen LogP contribution >= 0.6 is 0 Å². The van der Waals surface area contributed by atoms with Crippen LogP contribution in [-0.2, 0) is 6.54 Å². The van der Waals surface area contributed by atoms with Crippen molar-refractivity contribution in [2.24, 2.45) is 0 Å². The summed E-state index contributed by atoms with van der Waals surface area (Å²) in [4.78, 5) is 22.8. The summed E-state index contributed by atoms with van der Waals surface area (Å²) in [5, 5.41) is 2.97. The number of benzene rings is 3. The van der Waals surface area contributed by atoms with Crippen molar-refractivity contribution < 1.29 is 4.79 Å². The monoisotopic (exact) mass is 407 g/mol. The molecule has 2 aromatic heterocycles. The minimum atomic E-state index is -0.276. The van der Waals surface area contributed by atoms with E-state index in [-0.39, 0.29) is 5.91 Å². The van der Waals surface area contributed by atoms with Crippen LogP contribution in [0, 0.1) is 6.92 Å². The Bertz CT molecular complexity index is 1420. The van der Waals surface area contributed by atoms with Crippen molar-refractivity contribution in [2.75, 3.05) is 5.73 Å². The molecular weight excluding hydrogens is 386 g/mol. The Morgan fingerprint density at radius 2 is 1.65 bits per heavy atom. The van der Waals surface area contributed by atoms with Crippen LogP contribution < -0.4 is 11.1 Å². The normalized spacial score (nSPS) is 11.1. The van der Waals surface area contributed by atoms with E-state index in [1.54, 1.807) is 4.57 Å². The quantitative estimate of drug-likeness (QED) is 0.463. The summed E-state index contributed by atoms with van der Waals surface area (Å²) in [6.07, 6.45) is 0. The predicted molar refractivity (Wildman–Crippen MR) is 123 cm³/mol. The fourth-order valence-corrected chi connectivity index (χ4v) is 3.78. The van der Waals surface area contributed by atoms with Crippen molar-refractivity contribution in [3.8, 4) is 5.69 Å². The van der Waals surface area contributed by atoms with Gasteiger partial charge < -0.3 is 11.1 Å². The second kappa shape index (κ2) is 7.57. The number of nitrogens with two attached hydrogens (primary N) is 1. The van der Waals surface area contributed by atoms with E-state index in [4.69, 9.17) is 15.7 Å². The summed E-state index contributed by atoms with van der Waals surface area (Å²) in [5.74, 6) is 0.0452. The molecule has 3 aromatic carbocycles. The molecule has 6 nitrogen and oxygen atoms in total. The highest BCUT2D eigenvalue weighted by atomic mass is 16.1. The van der Waals surface area contributed by atoms with E-state index < -0.39 is 0 Å². The van der Waals surface area contributed by atoms with Crippen molar-refractivity contribution in [3.63, 3.8) is 0 Å². The molecule has 0 radical (unpaired) electrons. The zero-order valence-electron chi connectivity index (χ0n) is 17.0. The summed E-state index contributed by atoms with van der Waals surface area (Å²) in [7, 11) is 0. The molecule has 0 aliphatic heterocycles. The number of hydrogen-bond acceptors (Lipinski definition) is 4. The number of rotatable bonds is 4. The number of amides is 1. The van der Waals surface area contributed by atoms with Crippen LogP contribution in [0.3, 0.4) is 0 Å². The summed E-state index contributed by atoms with van der Waals surface area (Å²) >= 11 is 0. The van der Waals surface area contributed by atoms with Crippen LogP contribution in [0.15, 0.2) is 78.9 Å². The third-order valence-corrected chi connectivity index (χ3v) is 5.28. The average Bonchev–Trinajstić information content (AvgIpc) is 3.07. The van der Waals surface area contributed by atoms with E-state index in [2.05, 4.69) is 5.32 Å². The number of anilines is 1. The minimum Gasteiger partial charge on any atom is -0.384 e. The van der Waals surface area contributed by atoms with Gasteiger partial charge in [-0.05, 0) is 42.3 Å². The lowest BCUT2D eigenvalue weighted by atomic mass is 10.2. The molecule has 5 aromatic rings. The molecule has 152 valence electrons. The van der Waals surface area contributed by atoms with Crippen molar-refractivity contribution in [1.82, 2.24) is 19.9 Å². The third-order valence-electron chi connectivity index (χ3n) is 5.28. The van der Waals surface area contributed by atoms with Gasteiger partial charge in [0, 0.05) is 12.2 Å². The number of para-hydroxylation sites is 2. The van der Waals surface area contributed by atoms with Crippen LogP contribution in [0.5, 0.6) is 0 Å². The first-order chi connectivity index (χ1) is 15.1. The maximum atomic E-state index is 13.2. The first-order valence-electron chi connectivity index (χ1n) is 10.1. The number of carbonyl (C=O) groups excluding carboxylic acids is 1. The maximum Gasteiger partial charge on any atom is 0.257 e. The largest absolute Gasteiger partial charge is 0.384 e. The zero-order chi connectivity index (χ0) is 21.4. The fraction of sp³-hybridized carbons (Fsp3) is 0.0800. The Morgan fingerprint density at radius 1 is 0.935 bits per heavy atom. The summed E-state index contributed by atoms with van der Waals surface area (Å²) in [6.45, 7) is 2.41. The van der Waals surface area contributed by atoms with Gasteiger partial charge in [0.2, 0.25) is 0 Å². The number of hydrogen-bond donors (Lipinski definition) is 2. The second-order valence-electron chi connectivity index (χ2n) is 7.49. The number of nitrogen functional groups attached to an aromatic ring is 1. The molecule has 0 saturated heterocycles. The predicted octanol–water partition coefficient (Wildman–Crippen LogP) is 4.39. The second-order valence-corrected chi connectivity index (χ2v) is 7.49. The number of nitrogens with zero attached hydrogens (tertiary/aromatic N) is 3. The highest BCUT2D eigenvalue weighted by molar-refractivity contribution is 6.11. The van der Waals surface area contributed by atoms with Gasteiger partial charge in [-0.3, -0.25) is 9.36 Å². The van der Waals surface area contributed by atoms with Gasteiger partial charge in [-0.2, -0.15) is 0 Å².